The zero-order valence-corrected chi connectivity index (χ0v) is 19.1. The summed E-state index contributed by atoms with van der Waals surface area (Å²) in [4.78, 5) is 2.80. The molecule has 5 rings (SSSR count). The van der Waals surface area contributed by atoms with Crippen LogP contribution in [0.1, 0.15) is 45.2 Å². The van der Waals surface area contributed by atoms with Gasteiger partial charge >= 0.3 is 0 Å². The molecule has 5 aromatic rings. The van der Waals surface area contributed by atoms with E-state index in [2.05, 4.69) is 100 Å². The summed E-state index contributed by atoms with van der Waals surface area (Å²) in [5, 5.41) is 8.23. The lowest BCUT2D eigenvalue weighted by molar-refractivity contribution is 0.499. The van der Waals surface area contributed by atoms with Crippen molar-refractivity contribution in [2.45, 2.75) is 55.7 Å². The summed E-state index contributed by atoms with van der Waals surface area (Å²) in [7, 11) is 0. The predicted molar refractivity (Wildman–Crippen MR) is 133 cm³/mol. The molecular formula is C29H28S. The van der Waals surface area contributed by atoms with Crippen LogP contribution in [0.15, 0.2) is 82.6 Å². The molecule has 0 radical (unpaired) electrons. The van der Waals surface area contributed by atoms with Gasteiger partial charge < -0.3 is 0 Å². The molecule has 0 heterocycles. The number of hydrogen-bond acceptors (Lipinski definition) is 1. The van der Waals surface area contributed by atoms with Gasteiger partial charge in [0.25, 0.3) is 0 Å². The van der Waals surface area contributed by atoms with E-state index in [1.807, 2.05) is 11.8 Å². The Labute approximate surface area is 183 Å². The molecule has 0 N–H and O–H groups in total. The maximum Gasteiger partial charge on any atom is 0.0239 e. The Hall–Kier alpha value is -2.51. The molecule has 0 spiro atoms. The molecular weight excluding hydrogens is 380 g/mol. The highest BCUT2D eigenvalue weighted by molar-refractivity contribution is 7.99. The minimum absolute atomic E-state index is 0.119. The summed E-state index contributed by atoms with van der Waals surface area (Å²) in [6.07, 6.45) is 2.17. The van der Waals surface area contributed by atoms with E-state index >= 15 is 0 Å². The second-order valence-corrected chi connectivity index (χ2v) is 9.96. The molecule has 0 bridgehead atoms. The van der Waals surface area contributed by atoms with E-state index in [1.165, 1.54) is 53.2 Å². The van der Waals surface area contributed by atoms with Crippen molar-refractivity contribution in [1.82, 2.24) is 0 Å². The molecule has 0 aliphatic rings. The van der Waals surface area contributed by atoms with Crippen LogP contribution in [0.5, 0.6) is 0 Å². The van der Waals surface area contributed by atoms with Crippen LogP contribution in [0.4, 0.5) is 0 Å². The summed E-state index contributed by atoms with van der Waals surface area (Å²) in [5.74, 6) is 0. The van der Waals surface area contributed by atoms with Crippen molar-refractivity contribution in [3.63, 3.8) is 0 Å². The molecule has 0 aliphatic heterocycles. The summed E-state index contributed by atoms with van der Waals surface area (Å²) in [5.41, 5.74) is 3.01. The Morgan fingerprint density at radius 3 is 2.17 bits per heavy atom. The second kappa shape index (κ2) is 7.32. The van der Waals surface area contributed by atoms with Gasteiger partial charge in [-0.05, 0) is 73.8 Å². The van der Waals surface area contributed by atoms with Crippen molar-refractivity contribution in [3.05, 3.63) is 83.9 Å². The van der Waals surface area contributed by atoms with Gasteiger partial charge in [-0.15, -0.1) is 0 Å². The molecule has 0 fully saturated rings. The summed E-state index contributed by atoms with van der Waals surface area (Å²) in [6.45, 7) is 9.32. The number of rotatable bonds is 5. The molecule has 0 atom stereocenters. The van der Waals surface area contributed by atoms with Gasteiger partial charge in [0.05, 0.1) is 0 Å². The molecule has 0 unspecified atom stereocenters. The smallest absolute Gasteiger partial charge is 0.0239 e. The molecule has 0 aliphatic carbocycles. The largest absolute Gasteiger partial charge is 0.0888 e. The topological polar surface area (TPSA) is 0 Å². The van der Waals surface area contributed by atoms with Crippen LogP contribution in [0, 0.1) is 0 Å². The predicted octanol–water partition coefficient (Wildman–Crippen LogP) is 8.99. The third-order valence-corrected chi connectivity index (χ3v) is 8.04. The molecule has 150 valence electrons. The fourth-order valence-electron chi connectivity index (χ4n) is 4.59. The molecule has 1 heteroatoms. The van der Waals surface area contributed by atoms with Gasteiger partial charge in [-0.3, -0.25) is 0 Å². The lowest BCUT2D eigenvalue weighted by Crippen LogP contribution is -2.17. The Morgan fingerprint density at radius 1 is 0.733 bits per heavy atom. The highest BCUT2D eigenvalue weighted by Gasteiger charge is 2.26. The molecule has 0 saturated carbocycles. The molecule has 0 aromatic heterocycles. The minimum Gasteiger partial charge on any atom is -0.0888 e. The first-order valence-corrected chi connectivity index (χ1v) is 11.8. The van der Waals surface area contributed by atoms with Crippen LogP contribution in [0.25, 0.3) is 32.3 Å². The van der Waals surface area contributed by atoms with Gasteiger partial charge in [-0.2, -0.15) is 0 Å². The minimum atomic E-state index is 0.119. The van der Waals surface area contributed by atoms with Gasteiger partial charge in [-0.1, -0.05) is 100 Å². The molecule has 0 saturated heterocycles. The Balaban J connectivity index is 1.89. The molecule has 0 amide bonds. The maximum absolute atomic E-state index is 2.47. The van der Waals surface area contributed by atoms with Crippen molar-refractivity contribution >= 4 is 44.1 Å². The molecule has 5 aromatic carbocycles. The third-order valence-electron chi connectivity index (χ3n) is 6.78. The van der Waals surface area contributed by atoms with E-state index in [0.29, 0.717) is 0 Å². The quantitative estimate of drug-likeness (QED) is 0.261. The van der Waals surface area contributed by atoms with Gasteiger partial charge in [-0.25, -0.2) is 0 Å². The van der Waals surface area contributed by atoms with Gasteiger partial charge in [0.1, 0.15) is 0 Å². The first kappa shape index (κ1) is 19.5. The van der Waals surface area contributed by atoms with Gasteiger partial charge in [0, 0.05) is 9.79 Å². The highest BCUT2D eigenvalue weighted by atomic mass is 32.2. The molecule has 30 heavy (non-hydrogen) atoms. The normalized spacial score (nSPS) is 12.4. The maximum atomic E-state index is 2.47. The van der Waals surface area contributed by atoms with Crippen molar-refractivity contribution in [2.24, 2.45) is 0 Å². The van der Waals surface area contributed by atoms with Crippen LogP contribution in [0.2, 0.25) is 0 Å². The number of aryl methyl sites for hydroxylation is 1. The first-order chi connectivity index (χ1) is 14.5. The Kier molecular flexibility index (Phi) is 4.75. The van der Waals surface area contributed by atoms with Crippen molar-refractivity contribution < 1.29 is 0 Å². The van der Waals surface area contributed by atoms with Gasteiger partial charge in [0.15, 0.2) is 0 Å². The van der Waals surface area contributed by atoms with Crippen LogP contribution < -0.4 is 0 Å². The standard InChI is InChI=1S/C29H28S/c1-5-19-10-7-8-13-25(19)30-28-23-17-16-21-12-9-11-20-14-15-22(27(23)26(20)21)18-24(28)29(3,4)6-2/h7-18H,5-6H2,1-4H3. The fraction of sp³-hybridized carbons (Fsp3) is 0.241. The average molecular weight is 409 g/mol. The monoisotopic (exact) mass is 408 g/mol. The first-order valence-electron chi connectivity index (χ1n) is 11.0. The zero-order chi connectivity index (χ0) is 20.9. The average Bonchev–Trinajstić information content (AvgIpc) is 2.78. The SMILES string of the molecule is CCc1ccccc1Sc1c(C(C)(C)CC)cc2ccc3cccc4ccc1c2c34. The zero-order valence-electron chi connectivity index (χ0n) is 18.3. The molecule has 0 nitrogen and oxygen atoms in total. The van der Waals surface area contributed by atoms with Crippen LogP contribution in [-0.2, 0) is 11.8 Å². The van der Waals surface area contributed by atoms with Crippen LogP contribution in [0.3, 0.4) is 0 Å². The van der Waals surface area contributed by atoms with E-state index < -0.39 is 0 Å². The van der Waals surface area contributed by atoms with E-state index in [9.17, 15) is 0 Å². The van der Waals surface area contributed by atoms with E-state index in [1.54, 1.807) is 0 Å². The summed E-state index contributed by atoms with van der Waals surface area (Å²) >= 11 is 1.96. The van der Waals surface area contributed by atoms with Crippen LogP contribution in [-0.4, -0.2) is 0 Å². The summed E-state index contributed by atoms with van der Waals surface area (Å²) < 4.78 is 0. The van der Waals surface area contributed by atoms with Crippen molar-refractivity contribution in [1.29, 1.82) is 0 Å². The third kappa shape index (κ3) is 2.99. The highest BCUT2D eigenvalue weighted by Crippen LogP contribution is 2.47. The number of hydrogen-bond donors (Lipinski definition) is 0. The summed E-state index contributed by atoms with van der Waals surface area (Å²) in [6, 6.07) is 27.3. The lowest BCUT2D eigenvalue weighted by atomic mass is 9.80. The van der Waals surface area contributed by atoms with Gasteiger partial charge in [0.2, 0.25) is 0 Å². The van der Waals surface area contributed by atoms with E-state index in [4.69, 9.17) is 0 Å². The van der Waals surface area contributed by atoms with E-state index in [-0.39, 0.29) is 5.41 Å². The van der Waals surface area contributed by atoms with Crippen molar-refractivity contribution in [2.75, 3.05) is 0 Å². The Morgan fingerprint density at radius 2 is 1.43 bits per heavy atom. The Bertz CT molecular complexity index is 1340. The lowest BCUT2D eigenvalue weighted by Gasteiger charge is -2.28. The fourth-order valence-corrected chi connectivity index (χ4v) is 6.03. The van der Waals surface area contributed by atoms with Crippen LogP contribution >= 0.6 is 11.8 Å². The van der Waals surface area contributed by atoms with E-state index in [0.717, 1.165) is 12.8 Å². The second-order valence-electron chi connectivity index (χ2n) is 8.91. The number of benzene rings is 5. The van der Waals surface area contributed by atoms with Crippen molar-refractivity contribution in [3.8, 4) is 0 Å².